The molecule has 112 valence electrons. The van der Waals surface area contributed by atoms with Crippen LogP contribution in [-0.4, -0.2) is 34.6 Å². The molecule has 1 aliphatic heterocycles. The van der Waals surface area contributed by atoms with E-state index in [-0.39, 0.29) is 11.8 Å². The quantitative estimate of drug-likeness (QED) is 0.820. The Morgan fingerprint density at radius 1 is 1.48 bits per heavy atom. The van der Waals surface area contributed by atoms with Crippen LogP contribution in [0, 0.1) is 5.92 Å². The first-order chi connectivity index (χ1) is 10.3. The van der Waals surface area contributed by atoms with E-state index in [1.54, 1.807) is 0 Å². The number of nitrogens with zero attached hydrogens (tertiary/aromatic N) is 2. The van der Waals surface area contributed by atoms with Crippen LogP contribution in [0.4, 0.5) is 0 Å². The van der Waals surface area contributed by atoms with Crippen LogP contribution < -0.4 is 10.6 Å². The van der Waals surface area contributed by atoms with Crippen molar-refractivity contribution in [3.05, 3.63) is 30.6 Å². The van der Waals surface area contributed by atoms with E-state index in [0.29, 0.717) is 12.6 Å². The van der Waals surface area contributed by atoms with E-state index in [2.05, 4.69) is 33.2 Å². The van der Waals surface area contributed by atoms with Crippen molar-refractivity contribution in [1.82, 2.24) is 20.2 Å². The van der Waals surface area contributed by atoms with Gasteiger partial charge in [-0.2, -0.15) is 0 Å². The summed E-state index contributed by atoms with van der Waals surface area (Å²) >= 11 is 0. The van der Waals surface area contributed by atoms with E-state index in [1.807, 2.05) is 24.5 Å². The molecule has 1 aliphatic rings. The molecule has 5 heteroatoms. The van der Waals surface area contributed by atoms with Gasteiger partial charge in [0.2, 0.25) is 5.91 Å². The number of carbonyl (C=O) groups excluding carboxylic acids is 1. The minimum absolute atomic E-state index is 0.124. The standard InChI is InChI=1S/C16H22N4O/c1-12-13(7-9-17-12)16(21)18-8-4-10-20-11-19-14-5-2-3-6-15(14)20/h2-3,5-6,11-13,17H,4,7-10H2,1H3,(H,18,21). The van der Waals surface area contributed by atoms with Gasteiger partial charge >= 0.3 is 0 Å². The Morgan fingerprint density at radius 3 is 3.14 bits per heavy atom. The largest absolute Gasteiger partial charge is 0.356 e. The maximum absolute atomic E-state index is 12.1. The SMILES string of the molecule is CC1NCCC1C(=O)NCCCn1cnc2ccccc21. The summed E-state index contributed by atoms with van der Waals surface area (Å²) in [6.45, 7) is 4.61. The fraction of sp³-hybridized carbons (Fsp3) is 0.500. The topological polar surface area (TPSA) is 59.0 Å². The number of rotatable bonds is 5. The highest BCUT2D eigenvalue weighted by Gasteiger charge is 2.28. The van der Waals surface area contributed by atoms with Gasteiger partial charge in [0.25, 0.3) is 0 Å². The van der Waals surface area contributed by atoms with Gasteiger partial charge < -0.3 is 15.2 Å². The second-order valence-corrected chi connectivity index (χ2v) is 5.71. The Kier molecular flexibility index (Phi) is 4.20. The van der Waals surface area contributed by atoms with Gasteiger partial charge in [-0.3, -0.25) is 4.79 Å². The van der Waals surface area contributed by atoms with Crippen molar-refractivity contribution in [1.29, 1.82) is 0 Å². The van der Waals surface area contributed by atoms with E-state index in [9.17, 15) is 4.79 Å². The van der Waals surface area contributed by atoms with E-state index in [4.69, 9.17) is 0 Å². The molecule has 3 rings (SSSR count). The van der Waals surface area contributed by atoms with Gasteiger partial charge in [0.05, 0.1) is 23.3 Å². The number of fused-ring (bicyclic) bond motifs is 1. The molecule has 2 aromatic rings. The Labute approximate surface area is 124 Å². The van der Waals surface area contributed by atoms with Crippen LogP contribution in [0.15, 0.2) is 30.6 Å². The van der Waals surface area contributed by atoms with Crippen molar-refractivity contribution < 1.29 is 4.79 Å². The van der Waals surface area contributed by atoms with Crippen LogP contribution in [0.3, 0.4) is 0 Å². The molecule has 0 bridgehead atoms. The van der Waals surface area contributed by atoms with Gasteiger partial charge in [0, 0.05) is 19.1 Å². The van der Waals surface area contributed by atoms with Crippen molar-refractivity contribution in [3.8, 4) is 0 Å². The van der Waals surface area contributed by atoms with E-state index in [0.717, 1.165) is 37.0 Å². The molecule has 2 N–H and O–H groups in total. The zero-order valence-corrected chi connectivity index (χ0v) is 12.4. The Morgan fingerprint density at radius 2 is 2.33 bits per heavy atom. The highest BCUT2D eigenvalue weighted by Crippen LogP contribution is 2.15. The summed E-state index contributed by atoms with van der Waals surface area (Å²) in [5.41, 5.74) is 2.17. The van der Waals surface area contributed by atoms with Crippen LogP contribution in [0.25, 0.3) is 11.0 Å². The molecule has 0 aliphatic carbocycles. The second kappa shape index (κ2) is 6.26. The number of para-hydroxylation sites is 2. The number of hydrogen-bond acceptors (Lipinski definition) is 3. The third-order valence-corrected chi connectivity index (χ3v) is 4.26. The fourth-order valence-corrected chi connectivity index (χ4v) is 3.00. The molecule has 0 spiro atoms. The smallest absolute Gasteiger partial charge is 0.224 e. The molecular weight excluding hydrogens is 264 g/mol. The highest BCUT2D eigenvalue weighted by atomic mass is 16.1. The number of amides is 1. The Hall–Kier alpha value is -1.88. The zero-order valence-electron chi connectivity index (χ0n) is 12.4. The molecule has 1 amide bonds. The van der Waals surface area contributed by atoms with Crippen LogP contribution in [0.2, 0.25) is 0 Å². The summed E-state index contributed by atoms with van der Waals surface area (Å²) in [6.07, 6.45) is 3.73. The molecule has 2 heterocycles. The minimum Gasteiger partial charge on any atom is -0.356 e. The first-order valence-corrected chi connectivity index (χ1v) is 7.66. The Balaban J connectivity index is 1.47. The van der Waals surface area contributed by atoms with E-state index in [1.165, 1.54) is 0 Å². The van der Waals surface area contributed by atoms with Crippen LogP contribution in [0.1, 0.15) is 19.8 Å². The zero-order chi connectivity index (χ0) is 14.7. The number of benzene rings is 1. The third-order valence-electron chi connectivity index (χ3n) is 4.26. The molecule has 1 saturated heterocycles. The summed E-state index contributed by atoms with van der Waals surface area (Å²) in [5, 5.41) is 6.36. The average Bonchev–Trinajstić information content (AvgIpc) is 3.10. The van der Waals surface area contributed by atoms with Gasteiger partial charge in [-0.25, -0.2) is 4.98 Å². The van der Waals surface area contributed by atoms with Crippen molar-refractivity contribution in [2.45, 2.75) is 32.4 Å². The van der Waals surface area contributed by atoms with Crippen LogP contribution >= 0.6 is 0 Å². The fourth-order valence-electron chi connectivity index (χ4n) is 3.00. The van der Waals surface area contributed by atoms with Gasteiger partial charge in [-0.15, -0.1) is 0 Å². The van der Waals surface area contributed by atoms with Gasteiger partial charge in [0.15, 0.2) is 0 Å². The predicted octanol–water partition coefficient (Wildman–Crippen LogP) is 1.54. The summed E-state index contributed by atoms with van der Waals surface area (Å²) < 4.78 is 2.14. The molecule has 1 aromatic carbocycles. The first kappa shape index (κ1) is 14.1. The molecule has 2 atom stereocenters. The third kappa shape index (κ3) is 3.08. The lowest BCUT2D eigenvalue weighted by molar-refractivity contribution is -0.125. The van der Waals surface area contributed by atoms with Crippen LogP contribution in [0.5, 0.6) is 0 Å². The van der Waals surface area contributed by atoms with E-state index >= 15 is 0 Å². The van der Waals surface area contributed by atoms with Gasteiger partial charge in [-0.05, 0) is 38.4 Å². The van der Waals surface area contributed by atoms with Crippen molar-refractivity contribution >= 4 is 16.9 Å². The van der Waals surface area contributed by atoms with Crippen molar-refractivity contribution in [2.75, 3.05) is 13.1 Å². The molecule has 1 fully saturated rings. The lowest BCUT2D eigenvalue weighted by Gasteiger charge is -2.15. The molecule has 1 aromatic heterocycles. The van der Waals surface area contributed by atoms with Crippen molar-refractivity contribution in [3.63, 3.8) is 0 Å². The maximum Gasteiger partial charge on any atom is 0.224 e. The van der Waals surface area contributed by atoms with Crippen molar-refractivity contribution in [2.24, 2.45) is 5.92 Å². The van der Waals surface area contributed by atoms with Crippen LogP contribution in [-0.2, 0) is 11.3 Å². The number of imidazole rings is 1. The second-order valence-electron chi connectivity index (χ2n) is 5.71. The van der Waals surface area contributed by atoms with Gasteiger partial charge in [0.1, 0.15) is 0 Å². The molecule has 0 saturated carbocycles. The molecule has 5 nitrogen and oxygen atoms in total. The minimum atomic E-state index is 0.124. The lowest BCUT2D eigenvalue weighted by atomic mass is 10.0. The summed E-state index contributed by atoms with van der Waals surface area (Å²) in [5.74, 6) is 0.307. The number of hydrogen-bond donors (Lipinski definition) is 2. The molecule has 2 unspecified atom stereocenters. The number of carbonyl (C=O) groups is 1. The molecule has 0 radical (unpaired) electrons. The van der Waals surface area contributed by atoms with Gasteiger partial charge in [-0.1, -0.05) is 12.1 Å². The molecule has 21 heavy (non-hydrogen) atoms. The maximum atomic E-state index is 12.1. The monoisotopic (exact) mass is 286 g/mol. The highest BCUT2D eigenvalue weighted by molar-refractivity contribution is 5.79. The Bertz CT molecular complexity index is 622. The summed E-state index contributed by atoms with van der Waals surface area (Å²) in [6, 6.07) is 8.41. The normalized spacial score (nSPS) is 21.8. The summed E-state index contributed by atoms with van der Waals surface area (Å²) in [7, 11) is 0. The lowest BCUT2D eigenvalue weighted by Crippen LogP contribution is -2.37. The average molecular weight is 286 g/mol. The number of aromatic nitrogens is 2. The number of nitrogens with one attached hydrogen (secondary N) is 2. The predicted molar refractivity (Wildman–Crippen MR) is 82.9 cm³/mol. The first-order valence-electron chi connectivity index (χ1n) is 7.66. The molecular formula is C16H22N4O. The van der Waals surface area contributed by atoms with E-state index < -0.39 is 0 Å². The number of aryl methyl sites for hydroxylation is 1. The summed E-state index contributed by atoms with van der Waals surface area (Å²) in [4.78, 5) is 16.4.